The van der Waals surface area contributed by atoms with Gasteiger partial charge in [-0.3, -0.25) is 4.98 Å². The Kier molecular flexibility index (Phi) is 7.90. The molecule has 0 bridgehead atoms. The topological polar surface area (TPSA) is 50.9 Å². The van der Waals surface area contributed by atoms with Crippen LogP contribution in [0.15, 0.2) is 79.0 Å². The summed E-state index contributed by atoms with van der Waals surface area (Å²) in [6, 6.07) is 28.8. The van der Waals surface area contributed by atoms with Gasteiger partial charge in [0.15, 0.2) is 0 Å². The molecule has 0 aliphatic heterocycles. The number of nitrogens with zero attached hydrogens (tertiary/aromatic N) is 3. The molecule has 0 saturated carbocycles. The Balaban J connectivity index is 0.00000368. The fraction of sp³-hybridized carbons (Fsp3) is 0.263. The van der Waals surface area contributed by atoms with Crippen molar-refractivity contribution < 1.29 is 26.2 Å². The van der Waals surface area contributed by atoms with Gasteiger partial charge in [0.2, 0.25) is 0 Å². The first-order chi connectivity index (χ1) is 19.8. The molecule has 0 spiro atoms. The molecule has 0 aliphatic rings. The number of aromatic nitrogens is 3. The average molecular weight is 748 g/mol. The van der Waals surface area contributed by atoms with Gasteiger partial charge in [-0.05, 0) is 64.1 Å². The Morgan fingerprint density at radius 1 is 0.721 bits per heavy atom. The van der Waals surface area contributed by atoms with Gasteiger partial charge in [0, 0.05) is 39.8 Å². The van der Waals surface area contributed by atoms with E-state index in [2.05, 4.69) is 120 Å². The van der Waals surface area contributed by atoms with Crippen molar-refractivity contribution in [3.8, 4) is 39.4 Å². The van der Waals surface area contributed by atoms with Gasteiger partial charge in [0.1, 0.15) is 11.6 Å². The molecule has 0 amide bonds. The Hall–Kier alpha value is -3.75. The number of hydrogen-bond acceptors (Lipinski definition) is 3. The third-order valence-corrected chi connectivity index (χ3v) is 8.18. The van der Waals surface area contributed by atoms with Crippen LogP contribution in [-0.4, -0.2) is 19.6 Å². The first kappa shape index (κ1) is 30.7. The SMILES string of the molecule is Cc1cnc2c(-c3[c-]c(-c4cccc5c4nc(-c4cc(C(C)(C)C)ccc4O)n5C)ccc3)cc(C(C)(C)C)cc2c1.[Pt]. The number of hydrogen-bond donors (Lipinski definition) is 1. The van der Waals surface area contributed by atoms with Crippen LogP contribution < -0.4 is 0 Å². The zero-order valence-electron chi connectivity index (χ0n) is 26.1. The fourth-order valence-corrected chi connectivity index (χ4v) is 5.64. The zero-order chi connectivity index (χ0) is 30.0. The normalized spacial score (nSPS) is 12.1. The predicted octanol–water partition coefficient (Wildman–Crippen LogP) is 9.53. The van der Waals surface area contributed by atoms with Gasteiger partial charge < -0.3 is 9.67 Å². The van der Waals surface area contributed by atoms with Crippen LogP contribution >= 0.6 is 0 Å². The van der Waals surface area contributed by atoms with Crippen molar-refractivity contribution in [1.29, 1.82) is 0 Å². The van der Waals surface area contributed by atoms with Crippen LogP contribution in [0.4, 0.5) is 0 Å². The minimum atomic E-state index is -0.0460. The number of rotatable bonds is 3. The summed E-state index contributed by atoms with van der Waals surface area (Å²) in [7, 11) is 2.01. The van der Waals surface area contributed by atoms with E-state index in [0.717, 1.165) is 66.7 Å². The van der Waals surface area contributed by atoms with E-state index in [0.29, 0.717) is 0 Å². The summed E-state index contributed by atoms with van der Waals surface area (Å²) in [5.74, 6) is 0.963. The van der Waals surface area contributed by atoms with E-state index in [1.807, 2.05) is 19.3 Å². The smallest absolute Gasteiger partial charge is 0.143 e. The third kappa shape index (κ3) is 5.66. The Morgan fingerprint density at radius 2 is 1.37 bits per heavy atom. The molecule has 2 aromatic heterocycles. The van der Waals surface area contributed by atoms with Gasteiger partial charge in [0.25, 0.3) is 0 Å². The number of phenolic OH excluding ortho intramolecular Hbond substituents is 1. The largest absolute Gasteiger partial charge is 0.507 e. The van der Waals surface area contributed by atoms with Crippen LogP contribution in [0.3, 0.4) is 0 Å². The molecule has 6 aromatic rings. The molecular formula is C38H38N3OPt-. The van der Waals surface area contributed by atoms with E-state index < -0.39 is 0 Å². The van der Waals surface area contributed by atoms with Crippen LogP contribution in [0, 0.1) is 13.0 Å². The number of imidazole rings is 1. The number of aromatic hydroxyl groups is 1. The summed E-state index contributed by atoms with van der Waals surface area (Å²) < 4.78 is 2.07. The van der Waals surface area contributed by atoms with Crippen LogP contribution in [0.2, 0.25) is 0 Å². The van der Waals surface area contributed by atoms with Gasteiger partial charge in [-0.25, -0.2) is 4.98 Å². The third-order valence-electron chi connectivity index (χ3n) is 8.18. The summed E-state index contributed by atoms with van der Waals surface area (Å²) in [5.41, 5.74) is 11.2. The van der Waals surface area contributed by atoms with Crippen molar-refractivity contribution in [3.05, 3.63) is 102 Å². The number of phenols is 1. The number of pyridine rings is 1. The van der Waals surface area contributed by atoms with Crippen LogP contribution in [-0.2, 0) is 38.9 Å². The first-order valence-electron chi connectivity index (χ1n) is 14.5. The Labute approximate surface area is 269 Å². The maximum atomic E-state index is 10.9. The maximum absolute atomic E-state index is 10.9. The van der Waals surface area contributed by atoms with Crippen molar-refractivity contribution in [2.24, 2.45) is 7.05 Å². The van der Waals surface area contributed by atoms with E-state index in [1.165, 1.54) is 5.56 Å². The van der Waals surface area contributed by atoms with E-state index >= 15 is 0 Å². The number of fused-ring (bicyclic) bond motifs is 2. The van der Waals surface area contributed by atoms with E-state index in [9.17, 15) is 5.11 Å². The molecule has 6 rings (SSSR count). The predicted molar refractivity (Wildman–Crippen MR) is 175 cm³/mol. The van der Waals surface area contributed by atoms with Crippen molar-refractivity contribution in [3.63, 3.8) is 0 Å². The second-order valence-electron chi connectivity index (χ2n) is 13.5. The maximum Gasteiger partial charge on any atom is 0.143 e. The van der Waals surface area contributed by atoms with Crippen LogP contribution in [0.5, 0.6) is 5.75 Å². The number of benzene rings is 4. The summed E-state index contributed by atoms with van der Waals surface area (Å²) in [6.45, 7) is 15.4. The van der Waals surface area contributed by atoms with Crippen LogP contribution in [0.1, 0.15) is 58.2 Å². The minimum absolute atomic E-state index is 0. The standard InChI is InChI=1S/C38H38N3O.Pt/c1-23-17-26-19-28(38(5,6)7)21-30(34(26)39-22-23)25-12-9-11-24(18-25)29-13-10-14-32-35(29)40-36(41(32)8)31-20-27(37(2,3)4)15-16-33(31)42;/h9-17,19-22,42H,1-8H3;/q-1;. The molecular weight excluding hydrogens is 710 g/mol. The Bertz CT molecular complexity index is 1990. The number of para-hydroxylation sites is 1. The van der Waals surface area contributed by atoms with Gasteiger partial charge in [-0.1, -0.05) is 83.0 Å². The van der Waals surface area contributed by atoms with Gasteiger partial charge in [-0.2, -0.15) is 0 Å². The number of aryl methyl sites for hydroxylation is 2. The van der Waals surface area contributed by atoms with Crippen LogP contribution in [0.25, 0.3) is 55.6 Å². The van der Waals surface area contributed by atoms with Gasteiger partial charge in [0.05, 0.1) is 16.6 Å². The first-order valence-corrected chi connectivity index (χ1v) is 14.5. The Morgan fingerprint density at radius 3 is 2.07 bits per heavy atom. The van der Waals surface area contributed by atoms with E-state index in [-0.39, 0.29) is 37.6 Å². The van der Waals surface area contributed by atoms with E-state index in [1.54, 1.807) is 6.07 Å². The molecule has 4 aromatic carbocycles. The monoisotopic (exact) mass is 747 g/mol. The molecule has 222 valence electrons. The average Bonchev–Trinajstić information content (AvgIpc) is 3.27. The summed E-state index contributed by atoms with van der Waals surface area (Å²) in [6.07, 6.45) is 1.94. The van der Waals surface area contributed by atoms with Gasteiger partial charge >= 0.3 is 0 Å². The van der Waals surface area contributed by atoms with Crippen molar-refractivity contribution in [2.75, 3.05) is 0 Å². The second-order valence-corrected chi connectivity index (χ2v) is 13.5. The molecule has 2 heterocycles. The second kappa shape index (κ2) is 11.1. The zero-order valence-corrected chi connectivity index (χ0v) is 28.4. The fourth-order valence-electron chi connectivity index (χ4n) is 5.64. The summed E-state index contributed by atoms with van der Waals surface area (Å²) in [4.78, 5) is 9.98. The van der Waals surface area contributed by atoms with Crippen molar-refractivity contribution >= 4 is 21.9 Å². The molecule has 0 atom stereocenters. The molecule has 1 N–H and O–H groups in total. The van der Waals surface area contributed by atoms with Crippen molar-refractivity contribution in [1.82, 2.24) is 14.5 Å². The summed E-state index contributed by atoms with van der Waals surface area (Å²) >= 11 is 0. The molecule has 0 fully saturated rings. The van der Waals surface area contributed by atoms with Crippen molar-refractivity contribution in [2.45, 2.75) is 59.3 Å². The quantitative estimate of drug-likeness (QED) is 0.184. The van der Waals surface area contributed by atoms with Gasteiger partial charge in [-0.15, -0.1) is 35.4 Å². The molecule has 5 heteroatoms. The molecule has 0 saturated heterocycles. The molecule has 0 unspecified atom stereocenters. The molecule has 43 heavy (non-hydrogen) atoms. The molecule has 0 radical (unpaired) electrons. The minimum Gasteiger partial charge on any atom is -0.507 e. The van der Waals surface area contributed by atoms with E-state index in [4.69, 9.17) is 9.97 Å². The molecule has 4 nitrogen and oxygen atoms in total. The summed E-state index contributed by atoms with van der Waals surface area (Å²) in [5, 5.41) is 12.0. The molecule has 0 aliphatic carbocycles.